The highest BCUT2D eigenvalue weighted by Gasteiger charge is 2.22. The lowest BCUT2D eigenvalue weighted by Gasteiger charge is -2.22. The zero-order valence-electron chi connectivity index (χ0n) is 14.4. The molecule has 1 aromatic rings. The van der Waals surface area contributed by atoms with Gasteiger partial charge in [-0.15, -0.1) is 0 Å². The van der Waals surface area contributed by atoms with Gasteiger partial charge in [-0.1, -0.05) is 38.8 Å². The van der Waals surface area contributed by atoms with Crippen LogP contribution in [-0.2, 0) is 9.59 Å². The van der Waals surface area contributed by atoms with Crippen molar-refractivity contribution in [2.24, 2.45) is 0 Å². The fourth-order valence-corrected chi connectivity index (χ4v) is 2.18. The first kappa shape index (κ1) is 19.0. The van der Waals surface area contributed by atoms with Crippen LogP contribution in [0.1, 0.15) is 46.5 Å². The Labute approximate surface area is 139 Å². The van der Waals surface area contributed by atoms with Crippen molar-refractivity contribution in [3.8, 4) is 5.75 Å². The molecule has 0 unspecified atom stereocenters. The van der Waals surface area contributed by atoms with Gasteiger partial charge in [-0.2, -0.15) is 0 Å². The van der Waals surface area contributed by atoms with Crippen LogP contribution in [0.2, 0.25) is 0 Å². The Morgan fingerprint density at radius 2 is 1.65 bits per heavy atom. The molecule has 0 radical (unpaired) electrons. The number of amides is 2. The van der Waals surface area contributed by atoms with Gasteiger partial charge in [-0.3, -0.25) is 9.59 Å². The number of anilines is 1. The van der Waals surface area contributed by atoms with Gasteiger partial charge in [-0.25, -0.2) is 0 Å². The summed E-state index contributed by atoms with van der Waals surface area (Å²) in [6.45, 7) is 7.76. The Morgan fingerprint density at radius 1 is 1.04 bits per heavy atom. The number of benzene rings is 1. The third-order valence-corrected chi connectivity index (χ3v) is 3.48. The lowest BCUT2D eigenvalue weighted by molar-refractivity contribution is -0.143. The minimum atomic E-state index is -0.607. The summed E-state index contributed by atoms with van der Waals surface area (Å²) >= 11 is 0. The summed E-state index contributed by atoms with van der Waals surface area (Å²) in [5.41, 5.74) is 0.527. The summed E-state index contributed by atoms with van der Waals surface area (Å²) in [6, 6.07) is 7.14. The molecule has 0 saturated carbocycles. The lowest BCUT2D eigenvalue weighted by atomic mass is 10.2. The first-order valence-electron chi connectivity index (χ1n) is 8.46. The van der Waals surface area contributed by atoms with Crippen LogP contribution in [0.5, 0.6) is 5.75 Å². The summed E-state index contributed by atoms with van der Waals surface area (Å²) in [7, 11) is 0. The Morgan fingerprint density at radius 3 is 2.22 bits per heavy atom. The maximum atomic E-state index is 12.4. The van der Waals surface area contributed by atoms with Crippen LogP contribution in [0.3, 0.4) is 0 Å². The smallest absolute Gasteiger partial charge is 0.314 e. The second-order valence-corrected chi connectivity index (χ2v) is 5.38. The fourth-order valence-electron chi connectivity index (χ4n) is 2.18. The van der Waals surface area contributed by atoms with E-state index in [1.807, 2.05) is 13.0 Å². The zero-order chi connectivity index (χ0) is 17.1. The quantitative estimate of drug-likeness (QED) is 0.709. The van der Waals surface area contributed by atoms with Crippen molar-refractivity contribution >= 4 is 17.5 Å². The SMILES string of the molecule is CCCCN(CCCC)C(=O)C(=O)Nc1ccccc1OCC. The molecule has 0 saturated heterocycles. The van der Waals surface area contributed by atoms with Crippen LogP contribution in [0.4, 0.5) is 5.69 Å². The summed E-state index contributed by atoms with van der Waals surface area (Å²) in [5, 5.41) is 2.67. The van der Waals surface area contributed by atoms with Crippen molar-refractivity contribution in [1.29, 1.82) is 0 Å². The van der Waals surface area contributed by atoms with Crippen molar-refractivity contribution in [1.82, 2.24) is 4.90 Å². The van der Waals surface area contributed by atoms with Gasteiger partial charge in [0.05, 0.1) is 12.3 Å². The molecule has 5 heteroatoms. The molecule has 0 aliphatic carbocycles. The summed E-state index contributed by atoms with van der Waals surface area (Å²) in [4.78, 5) is 26.3. The average molecular weight is 320 g/mol. The van der Waals surface area contributed by atoms with E-state index in [2.05, 4.69) is 19.2 Å². The second kappa shape index (κ2) is 10.6. The molecule has 1 N–H and O–H groups in total. The van der Waals surface area contributed by atoms with Gasteiger partial charge in [0.25, 0.3) is 0 Å². The van der Waals surface area contributed by atoms with Crippen molar-refractivity contribution in [3.05, 3.63) is 24.3 Å². The first-order chi connectivity index (χ1) is 11.1. The van der Waals surface area contributed by atoms with Crippen molar-refractivity contribution in [3.63, 3.8) is 0 Å². The molecule has 0 spiro atoms. The Kier molecular flexibility index (Phi) is 8.80. The first-order valence-corrected chi connectivity index (χ1v) is 8.46. The number of carbonyl (C=O) groups is 2. The van der Waals surface area contributed by atoms with Crippen molar-refractivity contribution in [2.45, 2.75) is 46.5 Å². The van der Waals surface area contributed by atoms with Gasteiger partial charge in [0.2, 0.25) is 0 Å². The number of nitrogens with one attached hydrogen (secondary N) is 1. The van der Waals surface area contributed by atoms with E-state index in [0.29, 0.717) is 31.1 Å². The van der Waals surface area contributed by atoms with Crippen LogP contribution < -0.4 is 10.1 Å². The van der Waals surface area contributed by atoms with Gasteiger partial charge in [0.1, 0.15) is 5.75 Å². The van der Waals surface area contributed by atoms with Crippen LogP contribution in [0.15, 0.2) is 24.3 Å². The third kappa shape index (κ3) is 6.30. The number of nitrogens with zero attached hydrogens (tertiary/aromatic N) is 1. The number of hydrogen-bond donors (Lipinski definition) is 1. The minimum absolute atomic E-state index is 0.474. The van der Waals surface area contributed by atoms with E-state index in [1.165, 1.54) is 0 Å². The van der Waals surface area contributed by atoms with Gasteiger partial charge < -0.3 is 15.0 Å². The van der Waals surface area contributed by atoms with Gasteiger partial charge in [0, 0.05) is 13.1 Å². The van der Waals surface area contributed by atoms with E-state index < -0.39 is 11.8 Å². The van der Waals surface area contributed by atoms with Crippen LogP contribution in [0.25, 0.3) is 0 Å². The number of hydrogen-bond acceptors (Lipinski definition) is 3. The van der Waals surface area contributed by atoms with E-state index in [-0.39, 0.29) is 0 Å². The number of rotatable bonds is 9. The molecule has 0 aliphatic rings. The van der Waals surface area contributed by atoms with Gasteiger partial charge >= 0.3 is 11.8 Å². The molecule has 0 aliphatic heterocycles. The molecule has 5 nitrogen and oxygen atoms in total. The largest absolute Gasteiger partial charge is 0.492 e. The predicted octanol–water partition coefficient (Wildman–Crippen LogP) is 3.45. The molecule has 0 bridgehead atoms. The number of unbranched alkanes of at least 4 members (excludes halogenated alkanes) is 2. The molecule has 1 rings (SSSR count). The van der Waals surface area contributed by atoms with Crippen LogP contribution in [-0.4, -0.2) is 36.4 Å². The fraction of sp³-hybridized carbons (Fsp3) is 0.556. The second-order valence-electron chi connectivity index (χ2n) is 5.38. The van der Waals surface area contributed by atoms with E-state index in [4.69, 9.17) is 4.74 Å². The maximum absolute atomic E-state index is 12.4. The Balaban J connectivity index is 2.75. The highest BCUT2D eigenvalue weighted by Crippen LogP contribution is 2.23. The van der Waals surface area contributed by atoms with E-state index >= 15 is 0 Å². The molecule has 0 aromatic heterocycles. The van der Waals surface area contributed by atoms with Crippen LogP contribution >= 0.6 is 0 Å². The molecule has 0 atom stereocenters. The standard InChI is InChI=1S/C18H28N2O3/c1-4-7-13-20(14-8-5-2)18(22)17(21)19-15-11-9-10-12-16(15)23-6-3/h9-12H,4-8,13-14H2,1-3H3,(H,19,21). The monoisotopic (exact) mass is 320 g/mol. The molecular formula is C18H28N2O3. The maximum Gasteiger partial charge on any atom is 0.314 e. The summed E-state index contributed by atoms with van der Waals surface area (Å²) < 4.78 is 5.47. The van der Waals surface area contributed by atoms with Crippen molar-refractivity contribution < 1.29 is 14.3 Å². The number of carbonyl (C=O) groups excluding carboxylic acids is 2. The molecule has 0 heterocycles. The molecule has 1 aromatic carbocycles. The van der Waals surface area contributed by atoms with Gasteiger partial charge in [0.15, 0.2) is 0 Å². The Hall–Kier alpha value is -2.04. The van der Waals surface area contributed by atoms with Crippen LogP contribution in [0, 0.1) is 0 Å². The predicted molar refractivity (Wildman–Crippen MR) is 92.6 cm³/mol. The lowest BCUT2D eigenvalue weighted by Crippen LogP contribution is -2.40. The third-order valence-electron chi connectivity index (χ3n) is 3.48. The molecule has 128 valence electrons. The minimum Gasteiger partial charge on any atom is -0.492 e. The molecular weight excluding hydrogens is 292 g/mol. The van der Waals surface area contributed by atoms with E-state index in [1.54, 1.807) is 23.1 Å². The summed E-state index contributed by atoms with van der Waals surface area (Å²) in [6.07, 6.45) is 3.78. The van der Waals surface area contributed by atoms with Crippen molar-refractivity contribution in [2.75, 3.05) is 25.0 Å². The summed E-state index contributed by atoms with van der Waals surface area (Å²) in [5.74, 6) is -0.507. The molecule has 2 amide bonds. The highest BCUT2D eigenvalue weighted by atomic mass is 16.5. The molecule has 23 heavy (non-hydrogen) atoms. The number of para-hydroxylation sites is 2. The highest BCUT2D eigenvalue weighted by molar-refractivity contribution is 6.39. The van der Waals surface area contributed by atoms with Gasteiger partial charge in [-0.05, 0) is 31.9 Å². The zero-order valence-corrected chi connectivity index (χ0v) is 14.4. The number of ether oxygens (including phenoxy) is 1. The topological polar surface area (TPSA) is 58.6 Å². The van der Waals surface area contributed by atoms with E-state index in [9.17, 15) is 9.59 Å². The average Bonchev–Trinajstić information content (AvgIpc) is 2.56. The van der Waals surface area contributed by atoms with E-state index in [0.717, 1.165) is 25.7 Å². The Bertz CT molecular complexity index is 495. The normalized spacial score (nSPS) is 10.2. The molecule has 0 fully saturated rings.